The molecule has 2 aromatic heterocycles. The SMILES string of the molecule is CCOc1cncc(-c2sc(C(N)=O)nc2C)n1. The van der Waals surface area contributed by atoms with Crippen LogP contribution in [0.15, 0.2) is 12.4 Å². The third-order valence-corrected chi connectivity index (χ3v) is 3.34. The first-order chi connectivity index (χ1) is 8.61. The molecule has 2 N–H and O–H groups in total. The minimum absolute atomic E-state index is 0.270. The molecule has 0 saturated carbocycles. The van der Waals surface area contributed by atoms with Crippen molar-refractivity contribution in [1.82, 2.24) is 15.0 Å². The number of nitrogens with two attached hydrogens (primary N) is 1. The van der Waals surface area contributed by atoms with Crippen molar-refractivity contribution in [2.24, 2.45) is 5.73 Å². The van der Waals surface area contributed by atoms with Crippen LogP contribution in [0.5, 0.6) is 5.88 Å². The summed E-state index contributed by atoms with van der Waals surface area (Å²) < 4.78 is 5.28. The summed E-state index contributed by atoms with van der Waals surface area (Å²) in [5.74, 6) is -0.0910. The number of carbonyl (C=O) groups excluding carboxylic acids is 1. The lowest BCUT2D eigenvalue weighted by molar-refractivity contribution is 0.1000. The average molecular weight is 264 g/mol. The van der Waals surface area contributed by atoms with E-state index in [-0.39, 0.29) is 5.01 Å². The summed E-state index contributed by atoms with van der Waals surface area (Å²) >= 11 is 1.20. The fourth-order valence-corrected chi connectivity index (χ4v) is 2.29. The van der Waals surface area contributed by atoms with Crippen LogP contribution in [0.25, 0.3) is 10.6 Å². The summed E-state index contributed by atoms with van der Waals surface area (Å²) in [6.45, 7) is 4.19. The Kier molecular flexibility index (Phi) is 3.52. The zero-order valence-electron chi connectivity index (χ0n) is 10.0. The number of nitrogens with zero attached hydrogens (tertiary/aromatic N) is 3. The van der Waals surface area contributed by atoms with Gasteiger partial charge in [-0.05, 0) is 13.8 Å². The standard InChI is InChI=1S/C11H12N4O2S/c1-3-17-8-5-13-4-7(15-8)9-6(2)14-11(18-9)10(12)16/h4-5H,3H2,1-2H3,(H2,12,16). The summed E-state index contributed by atoms with van der Waals surface area (Å²) in [5, 5.41) is 0.270. The topological polar surface area (TPSA) is 91.0 Å². The second-order valence-corrected chi connectivity index (χ2v) is 4.47. The molecule has 6 nitrogen and oxygen atoms in total. The van der Waals surface area contributed by atoms with Crippen molar-refractivity contribution in [2.45, 2.75) is 13.8 Å². The number of hydrogen-bond acceptors (Lipinski definition) is 6. The molecule has 0 fully saturated rings. The van der Waals surface area contributed by atoms with Crippen LogP contribution < -0.4 is 10.5 Å². The Morgan fingerprint density at radius 1 is 1.44 bits per heavy atom. The lowest BCUT2D eigenvalue weighted by Crippen LogP contribution is -2.10. The molecule has 0 aliphatic carbocycles. The molecule has 0 spiro atoms. The number of aromatic nitrogens is 3. The number of thiazole rings is 1. The summed E-state index contributed by atoms with van der Waals surface area (Å²) in [5.41, 5.74) is 6.53. The smallest absolute Gasteiger partial charge is 0.277 e. The van der Waals surface area contributed by atoms with Crippen LogP contribution in [0.3, 0.4) is 0 Å². The summed E-state index contributed by atoms with van der Waals surface area (Å²) in [7, 11) is 0. The lowest BCUT2D eigenvalue weighted by atomic mass is 10.3. The van der Waals surface area contributed by atoms with Crippen molar-refractivity contribution >= 4 is 17.2 Å². The molecule has 0 bridgehead atoms. The van der Waals surface area contributed by atoms with Gasteiger partial charge in [0.25, 0.3) is 5.91 Å². The van der Waals surface area contributed by atoms with Gasteiger partial charge in [-0.15, -0.1) is 11.3 Å². The van der Waals surface area contributed by atoms with Crippen LogP contribution in [-0.4, -0.2) is 27.5 Å². The van der Waals surface area contributed by atoms with Crippen molar-refractivity contribution in [3.05, 3.63) is 23.1 Å². The van der Waals surface area contributed by atoms with Gasteiger partial charge in [-0.1, -0.05) is 0 Å². The van der Waals surface area contributed by atoms with Crippen molar-refractivity contribution < 1.29 is 9.53 Å². The van der Waals surface area contributed by atoms with Crippen LogP contribution in [0.1, 0.15) is 22.4 Å². The van der Waals surface area contributed by atoms with Crippen molar-refractivity contribution in [1.29, 1.82) is 0 Å². The summed E-state index contributed by atoms with van der Waals surface area (Å²) in [4.78, 5) is 24.3. The fourth-order valence-electron chi connectivity index (χ4n) is 1.41. The van der Waals surface area contributed by atoms with Gasteiger partial charge in [0.2, 0.25) is 5.88 Å². The number of carbonyl (C=O) groups is 1. The third-order valence-electron chi connectivity index (χ3n) is 2.14. The van der Waals surface area contributed by atoms with Crippen LogP contribution in [0, 0.1) is 6.92 Å². The predicted molar refractivity (Wildman–Crippen MR) is 67.6 cm³/mol. The molecular weight excluding hydrogens is 252 g/mol. The Labute approximate surface area is 108 Å². The number of aryl methyl sites for hydroxylation is 1. The van der Waals surface area contributed by atoms with Crippen molar-refractivity contribution in [3.63, 3.8) is 0 Å². The highest BCUT2D eigenvalue weighted by atomic mass is 32.1. The fraction of sp³-hybridized carbons (Fsp3) is 0.273. The van der Waals surface area contributed by atoms with E-state index in [1.807, 2.05) is 6.92 Å². The van der Waals surface area contributed by atoms with Crippen molar-refractivity contribution in [3.8, 4) is 16.5 Å². The molecule has 0 aromatic carbocycles. The van der Waals surface area contributed by atoms with Crippen molar-refractivity contribution in [2.75, 3.05) is 6.61 Å². The number of rotatable bonds is 4. The molecule has 2 heterocycles. The highest BCUT2D eigenvalue weighted by molar-refractivity contribution is 7.17. The molecule has 2 aromatic rings. The molecule has 2 rings (SSSR count). The minimum atomic E-state index is -0.539. The molecule has 0 aliphatic rings. The van der Waals surface area contributed by atoms with Gasteiger partial charge < -0.3 is 10.5 Å². The number of primary amides is 1. The monoisotopic (exact) mass is 264 g/mol. The number of amides is 1. The van der Waals surface area contributed by atoms with E-state index in [0.717, 1.165) is 4.88 Å². The maximum absolute atomic E-state index is 11.1. The van der Waals surface area contributed by atoms with E-state index in [0.29, 0.717) is 23.9 Å². The van der Waals surface area contributed by atoms with Gasteiger partial charge in [-0.2, -0.15) is 0 Å². The molecule has 0 aliphatic heterocycles. The van der Waals surface area contributed by atoms with Crippen LogP contribution in [0.4, 0.5) is 0 Å². The first kappa shape index (κ1) is 12.4. The summed E-state index contributed by atoms with van der Waals surface area (Å²) in [6, 6.07) is 0. The molecule has 0 radical (unpaired) electrons. The van der Waals surface area contributed by atoms with E-state index in [4.69, 9.17) is 10.5 Å². The molecule has 0 unspecified atom stereocenters. The Morgan fingerprint density at radius 2 is 2.22 bits per heavy atom. The molecule has 7 heteroatoms. The van der Waals surface area contributed by atoms with E-state index in [9.17, 15) is 4.79 Å². The van der Waals surface area contributed by atoms with Gasteiger partial charge in [-0.25, -0.2) is 9.97 Å². The Morgan fingerprint density at radius 3 is 2.83 bits per heavy atom. The first-order valence-electron chi connectivity index (χ1n) is 5.34. The van der Waals surface area contributed by atoms with E-state index < -0.39 is 5.91 Å². The van der Waals surface area contributed by atoms with E-state index in [1.54, 1.807) is 19.3 Å². The number of ether oxygens (including phenoxy) is 1. The normalized spacial score (nSPS) is 10.3. The predicted octanol–water partition coefficient (Wildman–Crippen LogP) is 1.41. The maximum Gasteiger partial charge on any atom is 0.277 e. The maximum atomic E-state index is 11.1. The Hall–Kier alpha value is -2.02. The van der Waals surface area contributed by atoms with Crippen LogP contribution >= 0.6 is 11.3 Å². The van der Waals surface area contributed by atoms with E-state index in [2.05, 4.69) is 15.0 Å². The summed E-state index contributed by atoms with van der Waals surface area (Å²) in [6.07, 6.45) is 3.15. The largest absolute Gasteiger partial charge is 0.477 e. The molecule has 18 heavy (non-hydrogen) atoms. The van der Waals surface area contributed by atoms with Gasteiger partial charge in [0.1, 0.15) is 5.69 Å². The average Bonchev–Trinajstić information content (AvgIpc) is 2.72. The molecule has 0 saturated heterocycles. The molecule has 0 atom stereocenters. The second kappa shape index (κ2) is 5.09. The lowest BCUT2D eigenvalue weighted by Gasteiger charge is -2.02. The first-order valence-corrected chi connectivity index (χ1v) is 6.16. The second-order valence-electron chi connectivity index (χ2n) is 3.47. The van der Waals surface area contributed by atoms with Gasteiger partial charge in [0, 0.05) is 0 Å². The Bertz CT molecular complexity index is 582. The van der Waals surface area contributed by atoms with Crippen LogP contribution in [0.2, 0.25) is 0 Å². The zero-order valence-corrected chi connectivity index (χ0v) is 10.8. The third kappa shape index (κ3) is 2.45. The highest BCUT2D eigenvalue weighted by Crippen LogP contribution is 2.28. The molecular formula is C11H12N4O2S. The van der Waals surface area contributed by atoms with Gasteiger partial charge in [0.15, 0.2) is 5.01 Å². The van der Waals surface area contributed by atoms with Gasteiger partial charge in [0.05, 0.1) is 29.6 Å². The van der Waals surface area contributed by atoms with E-state index >= 15 is 0 Å². The van der Waals surface area contributed by atoms with Gasteiger partial charge in [-0.3, -0.25) is 9.78 Å². The Balaban J connectivity index is 2.41. The zero-order chi connectivity index (χ0) is 13.1. The minimum Gasteiger partial charge on any atom is -0.477 e. The molecule has 1 amide bonds. The molecule has 94 valence electrons. The quantitative estimate of drug-likeness (QED) is 0.901. The van der Waals surface area contributed by atoms with E-state index in [1.165, 1.54) is 11.3 Å². The highest BCUT2D eigenvalue weighted by Gasteiger charge is 2.15. The van der Waals surface area contributed by atoms with Crippen LogP contribution in [-0.2, 0) is 0 Å². The number of hydrogen-bond donors (Lipinski definition) is 1. The van der Waals surface area contributed by atoms with Gasteiger partial charge >= 0.3 is 0 Å².